The number of rotatable bonds is 5. The number of benzene rings is 2. The molecule has 1 amide bonds. The lowest BCUT2D eigenvalue weighted by atomic mass is 9.89. The maximum atomic E-state index is 14.1. The minimum atomic E-state index is -1.14. The second-order valence-corrected chi connectivity index (χ2v) is 10.2. The fourth-order valence-electron chi connectivity index (χ4n) is 3.72. The Bertz CT molecular complexity index is 958. The second kappa shape index (κ2) is 10.4. The van der Waals surface area contributed by atoms with Gasteiger partial charge in [-0.1, -0.05) is 29.8 Å². The number of aliphatic hydroxyl groups excluding tert-OH is 1. The molecule has 1 unspecified atom stereocenters. The Balaban J connectivity index is 1.67. The lowest BCUT2D eigenvalue weighted by Crippen LogP contribution is -2.41. The molecule has 1 heterocycles. The minimum absolute atomic E-state index is 0.106. The van der Waals surface area contributed by atoms with Gasteiger partial charge in [-0.15, -0.1) is 0 Å². The number of carbonyl (C=O) groups is 1. The number of amides is 1. The first-order valence-corrected chi connectivity index (χ1v) is 11.7. The van der Waals surface area contributed by atoms with Crippen molar-refractivity contribution >= 4 is 33.6 Å². The third-order valence-electron chi connectivity index (χ3n) is 5.29. The summed E-state index contributed by atoms with van der Waals surface area (Å²) in [5.74, 6) is 0.234. The van der Waals surface area contributed by atoms with Crippen LogP contribution in [0.1, 0.15) is 56.8 Å². The number of halogens is 3. The van der Waals surface area contributed by atoms with Crippen LogP contribution in [0.2, 0.25) is 5.02 Å². The highest BCUT2D eigenvalue weighted by Gasteiger charge is 2.29. The summed E-state index contributed by atoms with van der Waals surface area (Å²) in [6.07, 6.45) is 0.0944. The number of hydrogen-bond donors (Lipinski definition) is 1. The third kappa shape index (κ3) is 6.36. The van der Waals surface area contributed by atoms with Crippen LogP contribution in [-0.4, -0.2) is 41.4 Å². The molecule has 0 saturated carbocycles. The lowest BCUT2D eigenvalue weighted by molar-refractivity contribution is 0.0204. The zero-order valence-corrected chi connectivity index (χ0v) is 20.7. The van der Waals surface area contributed by atoms with Crippen LogP contribution >= 0.6 is 27.5 Å². The number of para-hydroxylation sites is 1. The van der Waals surface area contributed by atoms with Crippen LogP contribution in [0.4, 0.5) is 9.18 Å². The Morgan fingerprint density at radius 3 is 2.59 bits per heavy atom. The Labute approximate surface area is 201 Å². The van der Waals surface area contributed by atoms with E-state index in [0.29, 0.717) is 18.8 Å². The van der Waals surface area contributed by atoms with Crippen LogP contribution in [0, 0.1) is 5.82 Å². The molecule has 2 aromatic carbocycles. The van der Waals surface area contributed by atoms with E-state index >= 15 is 0 Å². The molecule has 1 N–H and O–H groups in total. The van der Waals surface area contributed by atoms with Crippen LogP contribution in [0.3, 0.4) is 0 Å². The van der Waals surface area contributed by atoms with Crippen LogP contribution in [0.15, 0.2) is 40.9 Å². The van der Waals surface area contributed by atoms with Crippen molar-refractivity contribution in [2.24, 2.45) is 0 Å². The maximum absolute atomic E-state index is 14.1. The largest absolute Gasteiger partial charge is 0.489 e. The summed E-state index contributed by atoms with van der Waals surface area (Å²) in [4.78, 5) is 14.1. The average Bonchev–Trinajstić information content (AvgIpc) is 2.71. The topological polar surface area (TPSA) is 59.0 Å². The molecule has 0 aliphatic carbocycles. The van der Waals surface area contributed by atoms with Crippen molar-refractivity contribution < 1.29 is 23.8 Å². The van der Waals surface area contributed by atoms with Gasteiger partial charge in [0.15, 0.2) is 0 Å². The smallest absolute Gasteiger partial charge is 0.410 e. The molecule has 0 aromatic heterocycles. The fourth-order valence-corrected chi connectivity index (χ4v) is 4.38. The van der Waals surface area contributed by atoms with E-state index < -0.39 is 17.5 Å². The first kappa shape index (κ1) is 24.8. The number of likely N-dealkylation sites (tertiary alicyclic amines) is 1. The first-order chi connectivity index (χ1) is 15.0. The molecule has 32 heavy (non-hydrogen) atoms. The summed E-state index contributed by atoms with van der Waals surface area (Å²) < 4.78 is 26.3. The molecule has 174 valence electrons. The normalized spacial score (nSPS) is 16.0. The highest BCUT2D eigenvalue weighted by Crippen LogP contribution is 2.39. The Morgan fingerprint density at radius 2 is 1.97 bits per heavy atom. The second-order valence-electron chi connectivity index (χ2n) is 8.89. The molecule has 1 aliphatic rings. The van der Waals surface area contributed by atoms with E-state index in [9.17, 15) is 14.3 Å². The number of piperidine rings is 1. The van der Waals surface area contributed by atoms with Gasteiger partial charge in [-0.2, -0.15) is 0 Å². The van der Waals surface area contributed by atoms with Gasteiger partial charge in [0.25, 0.3) is 0 Å². The third-order valence-corrected chi connectivity index (χ3v) is 6.15. The first-order valence-electron chi connectivity index (χ1n) is 10.6. The van der Waals surface area contributed by atoms with Crippen molar-refractivity contribution in [3.05, 3.63) is 62.8 Å². The molecule has 1 atom stereocenters. The molecule has 0 bridgehead atoms. The zero-order valence-electron chi connectivity index (χ0n) is 18.4. The van der Waals surface area contributed by atoms with E-state index in [-0.39, 0.29) is 29.2 Å². The standard InChI is InChI=1S/C24H28BrClFNO4/c1-24(2,3)32-23(30)28-11-9-15(10-12-28)17-5-4-6-19(25)22(17)31-14-21(29)18-8-7-16(26)13-20(18)27/h4-8,13,15,21,29H,9-12,14H2,1-3H3. The predicted octanol–water partition coefficient (Wildman–Crippen LogP) is 6.47. The fraction of sp³-hybridized carbons (Fsp3) is 0.458. The predicted molar refractivity (Wildman–Crippen MR) is 126 cm³/mol. The summed E-state index contributed by atoms with van der Waals surface area (Å²) in [7, 11) is 0. The molecule has 1 fully saturated rings. The highest BCUT2D eigenvalue weighted by atomic mass is 79.9. The van der Waals surface area contributed by atoms with Gasteiger partial charge in [-0.3, -0.25) is 0 Å². The molecule has 0 radical (unpaired) electrons. The van der Waals surface area contributed by atoms with Crippen molar-refractivity contribution in [2.45, 2.75) is 51.2 Å². The zero-order chi connectivity index (χ0) is 23.5. The van der Waals surface area contributed by atoms with Gasteiger partial charge in [0.1, 0.15) is 29.9 Å². The van der Waals surface area contributed by atoms with Gasteiger partial charge < -0.3 is 19.5 Å². The average molecular weight is 529 g/mol. The van der Waals surface area contributed by atoms with Crippen molar-refractivity contribution in [1.29, 1.82) is 0 Å². The van der Waals surface area contributed by atoms with Gasteiger partial charge in [-0.25, -0.2) is 9.18 Å². The quantitative estimate of drug-likeness (QED) is 0.483. The van der Waals surface area contributed by atoms with E-state index in [1.54, 1.807) is 4.90 Å². The maximum Gasteiger partial charge on any atom is 0.410 e. The number of hydrogen-bond acceptors (Lipinski definition) is 4. The molecule has 2 aromatic rings. The van der Waals surface area contributed by atoms with Gasteiger partial charge in [0.05, 0.1) is 4.47 Å². The summed E-state index contributed by atoms with van der Waals surface area (Å²) in [6, 6.07) is 9.95. The Kier molecular flexibility index (Phi) is 8.06. The number of nitrogens with zero attached hydrogens (tertiary/aromatic N) is 1. The molecule has 1 saturated heterocycles. The van der Waals surface area contributed by atoms with E-state index in [1.807, 2.05) is 39.0 Å². The number of aliphatic hydroxyl groups is 1. The molecule has 1 aliphatic heterocycles. The van der Waals surface area contributed by atoms with Crippen LogP contribution < -0.4 is 4.74 Å². The van der Waals surface area contributed by atoms with Crippen molar-refractivity contribution in [3.63, 3.8) is 0 Å². The highest BCUT2D eigenvalue weighted by molar-refractivity contribution is 9.10. The summed E-state index contributed by atoms with van der Waals surface area (Å²) in [5.41, 5.74) is 0.601. The van der Waals surface area contributed by atoms with E-state index in [2.05, 4.69) is 15.9 Å². The Morgan fingerprint density at radius 1 is 1.28 bits per heavy atom. The van der Waals surface area contributed by atoms with E-state index in [0.717, 1.165) is 22.9 Å². The molecular weight excluding hydrogens is 501 g/mol. The summed E-state index contributed by atoms with van der Waals surface area (Å²) in [6.45, 7) is 6.63. The van der Waals surface area contributed by atoms with Gasteiger partial charge >= 0.3 is 6.09 Å². The van der Waals surface area contributed by atoms with Crippen molar-refractivity contribution in [2.75, 3.05) is 19.7 Å². The SMILES string of the molecule is CC(C)(C)OC(=O)N1CCC(c2cccc(Br)c2OCC(O)c2ccc(Cl)cc2F)CC1. The molecule has 5 nitrogen and oxygen atoms in total. The molecular formula is C24H28BrClFNO4. The minimum Gasteiger partial charge on any atom is -0.489 e. The summed E-state index contributed by atoms with van der Waals surface area (Å²) >= 11 is 9.32. The monoisotopic (exact) mass is 527 g/mol. The van der Waals surface area contributed by atoms with Crippen LogP contribution in [0.25, 0.3) is 0 Å². The molecule has 3 rings (SSSR count). The Hall–Kier alpha value is -1.83. The van der Waals surface area contributed by atoms with Gasteiger partial charge in [0, 0.05) is 23.7 Å². The lowest BCUT2D eigenvalue weighted by Gasteiger charge is -2.34. The van der Waals surface area contributed by atoms with Crippen LogP contribution in [-0.2, 0) is 4.74 Å². The van der Waals surface area contributed by atoms with Gasteiger partial charge in [-0.05, 0) is 79.2 Å². The number of carbonyl (C=O) groups excluding carboxylic acids is 1. The number of ether oxygens (including phenoxy) is 2. The van der Waals surface area contributed by atoms with Crippen molar-refractivity contribution in [1.82, 2.24) is 4.90 Å². The molecule has 8 heteroatoms. The van der Waals surface area contributed by atoms with E-state index in [4.69, 9.17) is 21.1 Å². The van der Waals surface area contributed by atoms with E-state index in [1.165, 1.54) is 18.2 Å². The van der Waals surface area contributed by atoms with Crippen molar-refractivity contribution in [3.8, 4) is 5.75 Å². The van der Waals surface area contributed by atoms with Crippen LogP contribution in [0.5, 0.6) is 5.75 Å². The van der Waals surface area contributed by atoms with Gasteiger partial charge in [0.2, 0.25) is 0 Å². The molecule has 0 spiro atoms. The summed E-state index contributed by atoms with van der Waals surface area (Å²) in [5, 5.41) is 10.7.